The SMILES string of the molecule is NC(N)=Nc1cccc(C(O[P+](=O)OC(N)(C(=O)OCc2ccccc2)C2CCCCC2)C(=O)O)c1. The van der Waals surface area contributed by atoms with Crippen molar-refractivity contribution in [2.75, 3.05) is 0 Å². The standard InChI is InChI=1S/C24H29N4O7P/c25-23(26)28-19-13-7-10-17(14-19)20(21(29)30)34-36(32)35-24(27,18-11-5-2-6-12-18)22(31)33-15-16-8-3-1-4-9-16/h1,3-4,7-10,13-14,18,20H,2,5-6,11-12,15,27H2,(H4-,25,26,28,29,30)/p+1. The van der Waals surface area contributed by atoms with Crippen LogP contribution in [0, 0.1) is 5.92 Å². The third-order valence-electron chi connectivity index (χ3n) is 5.82. The van der Waals surface area contributed by atoms with Crippen LogP contribution in [0.3, 0.4) is 0 Å². The first kappa shape index (κ1) is 27.2. The van der Waals surface area contributed by atoms with Crippen LogP contribution in [0.15, 0.2) is 59.6 Å². The molecule has 2 aromatic rings. The van der Waals surface area contributed by atoms with Crippen molar-refractivity contribution in [2.24, 2.45) is 28.1 Å². The Morgan fingerprint density at radius 1 is 1.08 bits per heavy atom. The first-order chi connectivity index (χ1) is 17.2. The number of carboxylic acids is 1. The van der Waals surface area contributed by atoms with Gasteiger partial charge < -0.3 is 21.3 Å². The maximum atomic E-state index is 13.1. The molecule has 0 aliphatic heterocycles. The van der Waals surface area contributed by atoms with E-state index >= 15 is 0 Å². The van der Waals surface area contributed by atoms with Gasteiger partial charge in [0.15, 0.2) is 5.96 Å². The monoisotopic (exact) mass is 517 g/mol. The second kappa shape index (κ2) is 12.5. The summed E-state index contributed by atoms with van der Waals surface area (Å²) < 4.78 is 29.1. The average molecular weight is 517 g/mol. The second-order valence-electron chi connectivity index (χ2n) is 8.46. The predicted molar refractivity (Wildman–Crippen MR) is 132 cm³/mol. The minimum Gasteiger partial charge on any atom is -0.479 e. The van der Waals surface area contributed by atoms with Crippen LogP contribution in [0.1, 0.15) is 49.3 Å². The quantitative estimate of drug-likeness (QED) is 0.113. The van der Waals surface area contributed by atoms with Gasteiger partial charge in [0.1, 0.15) is 6.61 Å². The average Bonchev–Trinajstić information content (AvgIpc) is 2.86. The lowest BCUT2D eigenvalue weighted by molar-refractivity contribution is -0.171. The highest BCUT2D eigenvalue weighted by atomic mass is 31.1. The van der Waals surface area contributed by atoms with Crippen molar-refractivity contribution in [3.05, 3.63) is 65.7 Å². The number of ether oxygens (including phenoxy) is 1. The molecular weight excluding hydrogens is 487 g/mol. The van der Waals surface area contributed by atoms with Crippen molar-refractivity contribution < 1.29 is 33.0 Å². The number of guanidine groups is 1. The summed E-state index contributed by atoms with van der Waals surface area (Å²) in [7, 11) is -3.15. The molecule has 1 fully saturated rings. The van der Waals surface area contributed by atoms with E-state index in [1.54, 1.807) is 30.3 Å². The fourth-order valence-electron chi connectivity index (χ4n) is 4.03. The largest absolute Gasteiger partial charge is 0.701 e. The van der Waals surface area contributed by atoms with Gasteiger partial charge in [0.05, 0.1) is 5.69 Å². The molecule has 0 heterocycles. The van der Waals surface area contributed by atoms with Crippen molar-refractivity contribution >= 4 is 31.8 Å². The Balaban J connectivity index is 1.78. The number of nitrogens with two attached hydrogens (primary N) is 3. The summed E-state index contributed by atoms with van der Waals surface area (Å²) in [6, 6.07) is 14.9. The van der Waals surface area contributed by atoms with E-state index in [-0.39, 0.29) is 23.8 Å². The number of carbonyl (C=O) groups excluding carboxylic acids is 1. The van der Waals surface area contributed by atoms with Gasteiger partial charge in [-0.2, -0.15) is 0 Å². The fraction of sp³-hybridized carbons (Fsp3) is 0.375. The van der Waals surface area contributed by atoms with E-state index < -0.39 is 37.9 Å². The van der Waals surface area contributed by atoms with E-state index in [1.165, 1.54) is 18.2 Å². The van der Waals surface area contributed by atoms with Gasteiger partial charge in [-0.3, -0.25) is 5.73 Å². The molecule has 36 heavy (non-hydrogen) atoms. The lowest BCUT2D eigenvalue weighted by Gasteiger charge is -2.32. The molecule has 11 nitrogen and oxygen atoms in total. The van der Waals surface area contributed by atoms with Gasteiger partial charge >= 0.3 is 20.2 Å². The van der Waals surface area contributed by atoms with Gasteiger partial charge in [0.2, 0.25) is 6.10 Å². The molecule has 1 saturated carbocycles. The van der Waals surface area contributed by atoms with Gasteiger partial charge in [-0.15, -0.1) is 0 Å². The Labute approximate surface area is 209 Å². The van der Waals surface area contributed by atoms with Gasteiger partial charge in [-0.05, 0) is 36.1 Å². The van der Waals surface area contributed by atoms with E-state index in [2.05, 4.69) is 4.99 Å². The van der Waals surface area contributed by atoms with E-state index in [1.807, 2.05) is 6.07 Å². The van der Waals surface area contributed by atoms with E-state index in [0.717, 1.165) is 24.8 Å². The number of carbonyl (C=O) groups is 2. The maximum Gasteiger partial charge on any atom is 0.701 e. The predicted octanol–water partition coefficient (Wildman–Crippen LogP) is 3.39. The Hall–Kier alpha value is -3.37. The molecule has 3 rings (SSSR count). The first-order valence-corrected chi connectivity index (χ1v) is 12.5. The Morgan fingerprint density at radius 3 is 2.42 bits per heavy atom. The molecule has 0 aromatic heterocycles. The van der Waals surface area contributed by atoms with E-state index in [4.69, 9.17) is 31.0 Å². The van der Waals surface area contributed by atoms with E-state index in [0.29, 0.717) is 12.8 Å². The molecule has 0 radical (unpaired) electrons. The summed E-state index contributed by atoms with van der Waals surface area (Å²) in [6.07, 6.45) is 2.02. The van der Waals surface area contributed by atoms with Gasteiger partial charge in [-0.25, -0.2) is 14.6 Å². The molecule has 7 N–H and O–H groups in total. The Morgan fingerprint density at radius 2 is 1.78 bits per heavy atom. The van der Waals surface area contributed by atoms with Crippen LogP contribution >= 0.6 is 8.25 Å². The number of carboxylic acid groups (broad SMARTS) is 1. The van der Waals surface area contributed by atoms with Crippen LogP contribution < -0.4 is 17.2 Å². The molecule has 3 atom stereocenters. The zero-order valence-corrected chi connectivity index (χ0v) is 20.5. The highest BCUT2D eigenvalue weighted by molar-refractivity contribution is 7.33. The molecule has 2 aromatic carbocycles. The highest BCUT2D eigenvalue weighted by Crippen LogP contribution is 2.42. The summed E-state index contributed by atoms with van der Waals surface area (Å²) in [6.45, 7) is -0.0539. The molecule has 0 amide bonds. The zero-order chi connectivity index (χ0) is 26.1. The Bertz CT molecular complexity index is 1100. The number of nitrogens with zero attached hydrogens (tertiary/aromatic N) is 1. The molecule has 0 saturated heterocycles. The number of esters is 1. The summed E-state index contributed by atoms with van der Waals surface area (Å²) in [5, 5.41) is 9.70. The fourth-order valence-corrected chi connectivity index (χ4v) is 4.93. The lowest BCUT2D eigenvalue weighted by Crippen LogP contribution is -2.56. The third kappa shape index (κ3) is 7.32. The van der Waals surface area contributed by atoms with Crippen molar-refractivity contribution in [2.45, 2.75) is 50.5 Å². The lowest BCUT2D eigenvalue weighted by atomic mass is 9.82. The molecule has 0 bridgehead atoms. The maximum absolute atomic E-state index is 13.1. The first-order valence-electron chi connectivity index (χ1n) is 11.4. The molecular formula is C24H30N4O7P+. The van der Waals surface area contributed by atoms with Crippen molar-refractivity contribution in [1.29, 1.82) is 0 Å². The van der Waals surface area contributed by atoms with Crippen LogP contribution in [0.2, 0.25) is 0 Å². The highest BCUT2D eigenvalue weighted by Gasteiger charge is 2.54. The van der Waals surface area contributed by atoms with Crippen LogP contribution in [-0.2, 0) is 34.5 Å². The number of hydrogen-bond acceptors (Lipinski definition) is 8. The van der Waals surface area contributed by atoms with Crippen molar-refractivity contribution in [3.63, 3.8) is 0 Å². The summed E-state index contributed by atoms with van der Waals surface area (Å²) in [5.74, 6) is -3.03. The number of aliphatic imine (C=N–C) groups is 1. The number of aliphatic carboxylic acids is 1. The third-order valence-corrected chi connectivity index (χ3v) is 6.65. The zero-order valence-electron chi connectivity index (χ0n) is 19.6. The smallest absolute Gasteiger partial charge is 0.479 e. The number of rotatable bonds is 11. The van der Waals surface area contributed by atoms with Crippen molar-refractivity contribution in [1.82, 2.24) is 0 Å². The summed E-state index contributed by atoms with van der Waals surface area (Å²) >= 11 is 0. The van der Waals surface area contributed by atoms with Gasteiger partial charge in [-0.1, -0.05) is 70.8 Å². The Kier molecular flexibility index (Phi) is 9.49. The minimum absolute atomic E-state index is 0.0539. The normalized spacial score (nSPS) is 16.9. The van der Waals surface area contributed by atoms with Crippen LogP contribution in [0.25, 0.3) is 0 Å². The molecule has 1 aliphatic carbocycles. The summed E-state index contributed by atoms with van der Waals surface area (Å²) in [5.41, 5.74) is 16.2. The summed E-state index contributed by atoms with van der Waals surface area (Å²) in [4.78, 5) is 28.9. The molecule has 1 aliphatic rings. The molecule has 0 spiro atoms. The van der Waals surface area contributed by atoms with Gasteiger partial charge in [0.25, 0.3) is 5.72 Å². The van der Waals surface area contributed by atoms with Crippen LogP contribution in [0.5, 0.6) is 0 Å². The van der Waals surface area contributed by atoms with Crippen LogP contribution in [-0.4, -0.2) is 28.7 Å². The molecule has 3 unspecified atom stereocenters. The molecule has 12 heteroatoms. The second-order valence-corrected chi connectivity index (χ2v) is 9.30. The topological polar surface area (TPSA) is 190 Å². The van der Waals surface area contributed by atoms with Gasteiger partial charge in [0, 0.05) is 10.5 Å². The minimum atomic E-state index is -3.15. The number of hydrogen-bond donors (Lipinski definition) is 4. The molecule has 192 valence electrons. The van der Waals surface area contributed by atoms with Crippen LogP contribution in [0.4, 0.5) is 5.69 Å². The number of benzene rings is 2. The van der Waals surface area contributed by atoms with Crippen molar-refractivity contribution in [3.8, 4) is 0 Å². The van der Waals surface area contributed by atoms with E-state index in [9.17, 15) is 19.3 Å².